The maximum Gasteiger partial charge on any atom is 0.0790 e. The van der Waals surface area contributed by atoms with Gasteiger partial charge in [0.2, 0.25) is 0 Å². The summed E-state index contributed by atoms with van der Waals surface area (Å²) in [4.78, 5) is 7.21. The highest BCUT2D eigenvalue weighted by Crippen LogP contribution is 2.34. The van der Waals surface area contributed by atoms with Gasteiger partial charge in [-0.3, -0.25) is 4.84 Å². The molecule has 1 N–H and O–H groups in total. The van der Waals surface area contributed by atoms with Crippen LogP contribution < -0.4 is 5.48 Å². The van der Waals surface area contributed by atoms with Crippen molar-refractivity contribution in [3.63, 3.8) is 0 Å². The lowest BCUT2D eigenvalue weighted by molar-refractivity contribution is -0.0371. The number of hydroxylamine groups is 1. The molecule has 1 aliphatic rings. The number of fused-ring (bicyclic) bond motifs is 1. The second kappa shape index (κ2) is 5.61. The molecule has 19 heavy (non-hydrogen) atoms. The average molecular weight is 275 g/mol. The lowest BCUT2D eigenvalue weighted by Gasteiger charge is -2.17. The molecule has 1 saturated carbocycles. The fourth-order valence-corrected chi connectivity index (χ4v) is 4.07. The summed E-state index contributed by atoms with van der Waals surface area (Å²) in [5.41, 5.74) is 4.64. The molecule has 1 heterocycles. The van der Waals surface area contributed by atoms with E-state index < -0.39 is 0 Å². The lowest BCUT2D eigenvalue weighted by Crippen LogP contribution is -2.24. The van der Waals surface area contributed by atoms with Crippen molar-refractivity contribution in [2.24, 2.45) is 0 Å². The SMILES string of the molecule is Cc1c(C(C)NOC2CCCC2)sc2ccccc12. The fourth-order valence-electron chi connectivity index (χ4n) is 2.86. The Bertz CT molecular complexity index is 557. The number of benzene rings is 1. The zero-order chi connectivity index (χ0) is 13.2. The first-order valence-electron chi connectivity index (χ1n) is 7.15. The molecule has 102 valence electrons. The van der Waals surface area contributed by atoms with Crippen LogP contribution in [0.2, 0.25) is 0 Å². The van der Waals surface area contributed by atoms with Gasteiger partial charge in [-0.1, -0.05) is 31.0 Å². The van der Waals surface area contributed by atoms with Crippen LogP contribution in [-0.4, -0.2) is 6.10 Å². The van der Waals surface area contributed by atoms with E-state index in [-0.39, 0.29) is 6.04 Å². The van der Waals surface area contributed by atoms with E-state index in [4.69, 9.17) is 4.84 Å². The van der Waals surface area contributed by atoms with Crippen LogP contribution in [-0.2, 0) is 4.84 Å². The molecule has 0 radical (unpaired) electrons. The second-order valence-electron chi connectivity index (χ2n) is 5.45. The van der Waals surface area contributed by atoms with Gasteiger partial charge in [-0.05, 0) is 43.7 Å². The summed E-state index contributed by atoms with van der Waals surface area (Å²) < 4.78 is 1.37. The third kappa shape index (κ3) is 2.69. The van der Waals surface area contributed by atoms with E-state index in [0.29, 0.717) is 6.10 Å². The Morgan fingerprint density at radius 3 is 2.74 bits per heavy atom. The van der Waals surface area contributed by atoms with Gasteiger partial charge < -0.3 is 0 Å². The number of hydrogen-bond donors (Lipinski definition) is 1. The first kappa shape index (κ1) is 13.1. The van der Waals surface area contributed by atoms with Crippen LogP contribution in [0.15, 0.2) is 24.3 Å². The summed E-state index contributed by atoms with van der Waals surface area (Å²) in [6.07, 6.45) is 5.43. The number of rotatable bonds is 4. The van der Waals surface area contributed by atoms with Gasteiger partial charge in [0.1, 0.15) is 0 Å². The molecule has 1 aliphatic carbocycles. The molecule has 0 amide bonds. The quantitative estimate of drug-likeness (QED) is 0.814. The predicted molar refractivity (Wildman–Crippen MR) is 81.5 cm³/mol. The van der Waals surface area contributed by atoms with Crippen molar-refractivity contribution in [3.05, 3.63) is 34.7 Å². The van der Waals surface area contributed by atoms with E-state index in [2.05, 4.69) is 43.6 Å². The predicted octanol–water partition coefficient (Wildman–Crippen LogP) is 4.73. The highest BCUT2D eigenvalue weighted by atomic mass is 32.1. The zero-order valence-electron chi connectivity index (χ0n) is 11.6. The number of thiophene rings is 1. The van der Waals surface area contributed by atoms with Crippen molar-refractivity contribution in [1.29, 1.82) is 0 Å². The highest BCUT2D eigenvalue weighted by molar-refractivity contribution is 7.19. The molecule has 1 unspecified atom stereocenters. The molecular formula is C16H21NOS. The molecule has 1 aromatic heterocycles. The Balaban J connectivity index is 1.73. The molecule has 2 nitrogen and oxygen atoms in total. The van der Waals surface area contributed by atoms with Crippen molar-refractivity contribution < 1.29 is 4.84 Å². The van der Waals surface area contributed by atoms with Gasteiger partial charge in [0.25, 0.3) is 0 Å². The van der Waals surface area contributed by atoms with Crippen LogP contribution in [0.5, 0.6) is 0 Å². The van der Waals surface area contributed by atoms with Crippen LogP contribution in [0.3, 0.4) is 0 Å². The molecule has 1 aromatic carbocycles. The Hall–Kier alpha value is -0.900. The molecule has 1 atom stereocenters. The molecule has 0 aliphatic heterocycles. The minimum atomic E-state index is 0.262. The largest absolute Gasteiger partial charge is 0.298 e. The van der Waals surface area contributed by atoms with Gasteiger partial charge in [0.05, 0.1) is 12.1 Å². The summed E-state index contributed by atoms with van der Waals surface area (Å²) in [6, 6.07) is 8.88. The van der Waals surface area contributed by atoms with Crippen LogP contribution in [0, 0.1) is 6.92 Å². The van der Waals surface area contributed by atoms with E-state index >= 15 is 0 Å². The maximum atomic E-state index is 5.83. The Kier molecular flexibility index (Phi) is 3.87. The van der Waals surface area contributed by atoms with Crippen LogP contribution in [0.4, 0.5) is 0 Å². The minimum absolute atomic E-state index is 0.262. The minimum Gasteiger partial charge on any atom is -0.298 e. The summed E-state index contributed by atoms with van der Waals surface area (Å²) in [5.74, 6) is 0. The van der Waals surface area contributed by atoms with E-state index in [9.17, 15) is 0 Å². The van der Waals surface area contributed by atoms with Crippen molar-refractivity contribution in [2.45, 2.75) is 51.7 Å². The van der Waals surface area contributed by atoms with Gasteiger partial charge in [-0.25, -0.2) is 0 Å². The highest BCUT2D eigenvalue weighted by Gasteiger charge is 2.19. The van der Waals surface area contributed by atoms with Gasteiger partial charge in [0.15, 0.2) is 0 Å². The number of aryl methyl sites for hydroxylation is 1. The van der Waals surface area contributed by atoms with Crippen LogP contribution >= 0.6 is 11.3 Å². The third-order valence-electron chi connectivity index (χ3n) is 3.99. The van der Waals surface area contributed by atoms with Crippen molar-refractivity contribution in [1.82, 2.24) is 5.48 Å². The van der Waals surface area contributed by atoms with Gasteiger partial charge in [-0.15, -0.1) is 11.3 Å². The topological polar surface area (TPSA) is 21.3 Å². The second-order valence-corrected chi connectivity index (χ2v) is 6.54. The molecule has 1 fully saturated rings. The third-order valence-corrected chi connectivity index (χ3v) is 5.44. The molecule has 2 aromatic rings. The van der Waals surface area contributed by atoms with E-state index in [1.54, 1.807) is 0 Å². The average Bonchev–Trinajstić information content (AvgIpc) is 3.05. The Morgan fingerprint density at radius 1 is 1.26 bits per heavy atom. The van der Waals surface area contributed by atoms with Crippen LogP contribution in [0.25, 0.3) is 10.1 Å². The van der Waals surface area contributed by atoms with Crippen LogP contribution in [0.1, 0.15) is 49.1 Å². The lowest BCUT2D eigenvalue weighted by atomic mass is 10.1. The zero-order valence-corrected chi connectivity index (χ0v) is 12.4. The fraction of sp³-hybridized carbons (Fsp3) is 0.500. The van der Waals surface area contributed by atoms with E-state index in [0.717, 1.165) is 0 Å². The smallest absolute Gasteiger partial charge is 0.0790 e. The molecule has 0 bridgehead atoms. The maximum absolute atomic E-state index is 5.83. The molecular weight excluding hydrogens is 254 g/mol. The van der Waals surface area contributed by atoms with E-state index in [1.807, 2.05) is 11.3 Å². The molecule has 3 heteroatoms. The van der Waals surface area contributed by atoms with Gasteiger partial charge >= 0.3 is 0 Å². The summed E-state index contributed by atoms with van der Waals surface area (Å²) >= 11 is 1.87. The van der Waals surface area contributed by atoms with Gasteiger partial charge in [0, 0.05) is 9.58 Å². The van der Waals surface area contributed by atoms with E-state index in [1.165, 1.54) is 46.2 Å². The van der Waals surface area contributed by atoms with Crippen molar-refractivity contribution in [3.8, 4) is 0 Å². The number of nitrogens with one attached hydrogen (secondary N) is 1. The summed E-state index contributed by atoms with van der Waals surface area (Å²) in [5, 5.41) is 1.37. The Morgan fingerprint density at radius 2 is 2.00 bits per heavy atom. The monoisotopic (exact) mass is 275 g/mol. The van der Waals surface area contributed by atoms with Crippen molar-refractivity contribution in [2.75, 3.05) is 0 Å². The summed E-state index contributed by atoms with van der Waals surface area (Å²) in [7, 11) is 0. The molecule has 0 saturated heterocycles. The normalized spacial score (nSPS) is 18.2. The first-order chi connectivity index (χ1) is 9.25. The first-order valence-corrected chi connectivity index (χ1v) is 7.96. The molecule has 3 rings (SSSR count). The Labute approximate surface area is 118 Å². The van der Waals surface area contributed by atoms with Crippen molar-refractivity contribution >= 4 is 21.4 Å². The van der Waals surface area contributed by atoms with Gasteiger partial charge in [-0.2, -0.15) is 5.48 Å². The number of hydrogen-bond acceptors (Lipinski definition) is 3. The standard InChI is InChI=1S/C16H21NOS/c1-11-14-9-5-6-10-15(14)19-16(11)12(2)17-18-13-7-3-4-8-13/h5-6,9-10,12-13,17H,3-4,7-8H2,1-2H3. The molecule has 0 spiro atoms. The summed E-state index contributed by atoms with van der Waals surface area (Å²) in [6.45, 7) is 4.40.